The Balaban J connectivity index is 3.24. The molecule has 0 aromatic rings. The normalized spacial score (nSPS) is 13.2. The van der Waals surface area contributed by atoms with Crippen LogP contribution in [0.2, 0.25) is 0 Å². The Morgan fingerprint density at radius 1 is 1.75 bits per heavy atom. The third-order valence-corrected chi connectivity index (χ3v) is 0.588. The molecular formula is C4H7FO3. The van der Waals surface area contributed by atoms with E-state index in [9.17, 15) is 9.18 Å². The first-order valence-corrected chi connectivity index (χ1v) is 2.12. The first-order chi connectivity index (χ1) is 3.66. The summed E-state index contributed by atoms with van der Waals surface area (Å²) in [4.78, 5) is 9.64. The zero-order valence-corrected chi connectivity index (χ0v) is 4.17. The van der Waals surface area contributed by atoms with Crippen molar-refractivity contribution >= 4 is 5.97 Å². The van der Waals surface area contributed by atoms with Crippen LogP contribution >= 0.6 is 0 Å². The molecule has 2 N–H and O–H groups in total. The topological polar surface area (TPSA) is 57.5 Å². The van der Waals surface area contributed by atoms with Gasteiger partial charge in [0.05, 0.1) is 12.5 Å². The van der Waals surface area contributed by atoms with E-state index in [-0.39, 0.29) is 0 Å². The molecule has 0 saturated carbocycles. The third-order valence-electron chi connectivity index (χ3n) is 0.588. The molecule has 48 valence electrons. The van der Waals surface area contributed by atoms with Gasteiger partial charge in [-0.05, 0) is 0 Å². The van der Waals surface area contributed by atoms with Gasteiger partial charge in [-0.15, -0.1) is 0 Å². The average Bonchev–Trinajstić information content (AvgIpc) is 1.65. The fourth-order valence-corrected chi connectivity index (χ4v) is 0.256. The third kappa shape index (κ3) is 3.55. The van der Waals surface area contributed by atoms with Crippen LogP contribution in [0.1, 0.15) is 6.42 Å². The molecule has 0 aromatic heterocycles. The molecule has 0 bridgehead atoms. The summed E-state index contributed by atoms with van der Waals surface area (Å²) < 4.78 is 11.2. The van der Waals surface area contributed by atoms with Crippen molar-refractivity contribution in [1.29, 1.82) is 0 Å². The lowest BCUT2D eigenvalue weighted by Crippen LogP contribution is -2.14. The number of carboxylic acids is 1. The lowest BCUT2D eigenvalue weighted by molar-refractivity contribution is -0.139. The summed E-state index contributed by atoms with van der Waals surface area (Å²) in [6.45, 7) is -0.994. The van der Waals surface area contributed by atoms with Crippen molar-refractivity contribution in [1.82, 2.24) is 0 Å². The summed E-state index contributed by atoms with van der Waals surface area (Å²) in [6, 6.07) is 0. The van der Waals surface area contributed by atoms with Crippen LogP contribution in [0.5, 0.6) is 0 Å². The first-order valence-electron chi connectivity index (χ1n) is 2.12. The molecule has 0 heterocycles. The minimum absolute atomic E-state index is 0.517. The quantitative estimate of drug-likeness (QED) is 0.543. The fraction of sp³-hybridized carbons (Fsp3) is 0.750. The second kappa shape index (κ2) is 3.37. The monoisotopic (exact) mass is 121 g/mol. The first kappa shape index (κ1) is 7.36. The highest BCUT2D eigenvalue weighted by Gasteiger charge is 2.06. The minimum atomic E-state index is -1.34. The van der Waals surface area contributed by atoms with Crippen LogP contribution in [-0.2, 0) is 4.79 Å². The van der Waals surface area contributed by atoms with Gasteiger partial charge in [-0.25, -0.2) is 4.39 Å². The summed E-state index contributed by atoms with van der Waals surface area (Å²) in [5, 5.41) is 16.2. The van der Waals surface area contributed by atoms with Gasteiger partial charge >= 0.3 is 5.97 Å². The molecule has 8 heavy (non-hydrogen) atoms. The van der Waals surface area contributed by atoms with Crippen molar-refractivity contribution in [2.45, 2.75) is 12.5 Å². The molecule has 0 saturated heterocycles. The van der Waals surface area contributed by atoms with E-state index in [1.54, 1.807) is 0 Å². The van der Waals surface area contributed by atoms with Crippen molar-refractivity contribution < 1.29 is 19.4 Å². The Morgan fingerprint density at radius 2 is 2.25 bits per heavy atom. The van der Waals surface area contributed by atoms with Crippen molar-refractivity contribution in [2.24, 2.45) is 0 Å². The maximum absolute atomic E-state index is 11.2. The highest BCUT2D eigenvalue weighted by Crippen LogP contribution is 1.90. The van der Waals surface area contributed by atoms with Gasteiger partial charge in [0.2, 0.25) is 0 Å². The number of carboxylic acid groups (broad SMARTS) is 1. The van der Waals surface area contributed by atoms with Crippen LogP contribution in [0.3, 0.4) is 0 Å². The maximum Gasteiger partial charge on any atom is 0.306 e. The Bertz CT molecular complexity index is 83.4. The standard InChI is InChI=1S/C4H7FO3/c5-2-3(6)1-4(7)8/h3,6H,1-2H2,(H,7,8)/t3-/m0/s1/i5-1. The number of aliphatic hydroxyl groups is 1. The number of carbonyl (C=O) groups is 1. The van der Waals surface area contributed by atoms with Gasteiger partial charge in [-0.3, -0.25) is 4.79 Å². The van der Waals surface area contributed by atoms with Gasteiger partial charge in [0, 0.05) is 0 Å². The van der Waals surface area contributed by atoms with Crippen LogP contribution < -0.4 is 0 Å². The molecule has 3 nitrogen and oxygen atoms in total. The highest BCUT2D eigenvalue weighted by molar-refractivity contribution is 5.67. The SMILES string of the molecule is O=C(O)C[C@H](O)C[18F]. The molecule has 0 aliphatic carbocycles. The van der Waals surface area contributed by atoms with Gasteiger partial charge in [-0.1, -0.05) is 0 Å². The van der Waals surface area contributed by atoms with E-state index in [1.165, 1.54) is 0 Å². The van der Waals surface area contributed by atoms with E-state index in [0.717, 1.165) is 0 Å². The van der Waals surface area contributed by atoms with Gasteiger partial charge in [0.1, 0.15) is 6.67 Å². The van der Waals surface area contributed by atoms with Gasteiger partial charge < -0.3 is 10.2 Å². The largest absolute Gasteiger partial charge is 0.481 e. The lowest BCUT2D eigenvalue weighted by Gasteiger charge is -1.97. The average molecular weight is 121 g/mol. The Morgan fingerprint density at radius 3 is 2.38 bits per heavy atom. The molecule has 0 rings (SSSR count). The number of halogens is 1. The van der Waals surface area contributed by atoms with Crippen LogP contribution in [0, 0.1) is 0 Å². The zero-order valence-electron chi connectivity index (χ0n) is 4.17. The molecule has 0 spiro atoms. The molecule has 0 aliphatic heterocycles. The molecule has 0 unspecified atom stereocenters. The van der Waals surface area contributed by atoms with Crippen LogP contribution in [0.4, 0.5) is 4.39 Å². The summed E-state index contributed by atoms with van der Waals surface area (Å²) in [5.41, 5.74) is 0. The molecule has 0 aromatic carbocycles. The predicted molar refractivity (Wildman–Crippen MR) is 24.2 cm³/mol. The number of aliphatic carboxylic acids is 1. The van der Waals surface area contributed by atoms with Gasteiger partial charge in [0.15, 0.2) is 0 Å². The molecule has 1 atom stereocenters. The van der Waals surface area contributed by atoms with E-state index in [2.05, 4.69) is 0 Å². The maximum atomic E-state index is 11.2. The smallest absolute Gasteiger partial charge is 0.306 e. The summed E-state index contributed by atoms with van der Waals surface area (Å²) in [5.74, 6) is -1.19. The summed E-state index contributed by atoms with van der Waals surface area (Å²) in [7, 11) is 0. The van der Waals surface area contributed by atoms with Crippen LogP contribution in [-0.4, -0.2) is 29.0 Å². The van der Waals surface area contributed by atoms with E-state index in [0.29, 0.717) is 0 Å². The number of rotatable bonds is 3. The minimum Gasteiger partial charge on any atom is -0.481 e. The van der Waals surface area contributed by atoms with Crippen molar-refractivity contribution in [3.8, 4) is 0 Å². The van der Waals surface area contributed by atoms with Crippen molar-refractivity contribution in [2.75, 3.05) is 6.67 Å². The Hall–Kier alpha value is -0.640. The van der Waals surface area contributed by atoms with E-state index in [1.807, 2.05) is 0 Å². The summed E-state index contributed by atoms with van der Waals surface area (Å²) >= 11 is 0. The summed E-state index contributed by atoms with van der Waals surface area (Å²) in [6.07, 6.45) is -1.86. The molecular weight excluding hydrogens is 114 g/mol. The fourth-order valence-electron chi connectivity index (χ4n) is 0.256. The van der Waals surface area contributed by atoms with Gasteiger partial charge in [0.25, 0.3) is 0 Å². The molecule has 0 radical (unpaired) electrons. The Labute approximate surface area is 45.7 Å². The van der Waals surface area contributed by atoms with Crippen LogP contribution in [0.15, 0.2) is 0 Å². The lowest BCUT2D eigenvalue weighted by atomic mass is 10.3. The second-order valence-corrected chi connectivity index (χ2v) is 1.41. The van der Waals surface area contributed by atoms with Gasteiger partial charge in [-0.2, -0.15) is 0 Å². The van der Waals surface area contributed by atoms with E-state index in [4.69, 9.17) is 10.2 Å². The highest BCUT2D eigenvalue weighted by atomic mass is 18.2. The second-order valence-electron chi connectivity index (χ2n) is 1.41. The van der Waals surface area contributed by atoms with Crippen LogP contribution in [0.25, 0.3) is 0 Å². The number of hydrogen-bond acceptors (Lipinski definition) is 2. The van der Waals surface area contributed by atoms with E-state index < -0.39 is 25.2 Å². The molecule has 0 fully saturated rings. The zero-order chi connectivity index (χ0) is 6.57. The van der Waals surface area contributed by atoms with Crippen molar-refractivity contribution in [3.63, 3.8) is 0 Å². The number of aliphatic hydroxyl groups excluding tert-OH is 1. The molecule has 0 amide bonds. The number of hydrogen-bond donors (Lipinski definition) is 2. The van der Waals surface area contributed by atoms with Crippen molar-refractivity contribution in [3.05, 3.63) is 0 Å². The molecule has 4 heteroatoms. The number of alkyl halides is 1. The molecule has 0 aliphatic rings. The van der Waals surface area contributed by atoms with E-state index >= 15 is 0 Å². The Kier molecular flexibility index (Phi) is 3.10. The predicted octanol–water partition coefficient (Wildman–Crippen LogP) is -0.209.